The van der Waals surface area contributed by atoms with Crippen molar-refractivity contribution in [1.29, 1.82) is 0 Å². The smallest absolute Gasteiger partial charge is 0.315 e. The van der Waals surface area contributed by atoms with Crippen molar-refractivity contribution in [3.63, 3.8) is 0 Å². The van der Waals surface area contributed by atoms with Crippen molar-refractivity contribution in [2.45, 2.75) is 25.1 Å². The third kappa shape index (κ3) is 3.32. The summed E-state index contributed by atoms with van der Waals surface area (Å²) in [4.78, 5) is 12.3. The summed E-state index contributed by atoms with van der Waals surface area (Å²) in [6, 6.07) is 15.4. The Morgan fingerprint density at radius 1 is 1.16 bits per heavy atom. The number of nitrogens with zero attached hydrogens (tertiary/aromatic N) is 3. The first-order valence-electron chi connectivity index (χ1n) is 8.31. The number of ether oxygens (including phenoxy) is 1. The van der Waals surface area contributed by atoms with Crippen molar-refractivity contribution in [2.24, 2.45) is 0 Å². The number of hydrogen-bond donors (Lipinski definition) is 2. The van der Waals surface area contributed by atoms with E-state index in [1.54, 1.807) is 0 Å². The van der Waals surface area contributed by atoms with Gasteiger partial charge in [0.1, 0.15) is 6.10 Å². The molecule has 2 atom stereocenters. The zero-order chi connectivity index (χ0) is 17.1. The van der Waals surface area contributed by atoms with Gasteiger partial charge in [-0.15, -0.1) is 10.2 Å². The normalized spacial score (nSPS) is 19.8. The molecule has 3 aromatic rings. The van der Waals surface area contributed by atoms with E-state index in [4.69, 9.17) is 4.74 Å². The van der Waals surface area contributed by atoms with Gasteiger partial charge in [0.25, 0.3) is 0 Å². The monoisotopic (exact) mass is 337 g/mol. The number of amides is 2. The van der Waals surface area contributed by atoms with Gasteiger partial charge < -0.3 is 15.4 Å². The van der Waals surface area contributed by atoms with Crippen LogP contribution in [0, 0.1) is 0 Å². The van der Waals surface area contributed by atoms with E-state index in [1.807, 2.05) is 59.1 Å². The molecule has 1 saturated heterocycles. The second-order valence-corrected chi connectivity index (χ2v) is 5.97. The fraction of sp³-hybridized carbons (Fsp3) is 0.278. The van der Waals surface area contributed by atoms with Crippen LogP contribution in [0.4, 0.5) is 4.79 Å². The molecule has 1 aliphatic rings. The van der Waals surface area contributed by atoms with Gasteiger partial charge in [0.05, 0.1) is 12.6 Å². The van der Waals surface area contributed by atoms with Crippen molar-refractivity contribution >= 4 is 11.7 Å². The third-order valence-electron chi connectivity index (χ3n) is 4.33. The lowest BCUT2D eigenvalue weighted by Gasteiger charge is -2.20. The molecule has 1 aliphatic heterocycles. The Morgan fingerprint density at radius 2 is 2.00 bits per heavy atom. The van der Waals surface area contributed by atoms with Crippen LogP contribution in [-0.2, 0) is 11.3 Å². The van der Waals surface area contributed by atoms with E-state index in [2.05, 4.69) is 20.8 Å². The summed E-state index contributed by atoms with van der Waals surface area (Å²) >= 11 is 0. The molecule has 0 radical (unpaired) electrons. The number of carbonyl (C=O) groups is 1. The number of aromatic nitrogens is 3. The maximum atomic E-state index is 12.3. The summed E-state index contributed by atoms with van der Waals surface area (Å²) in [7, 11) is 0. The number of rotatable bonds is 4. The molecular formula is C18H19N5O2. The van der Waals surface area contributed by atoms with Crippen molar-refractivity contribution in [3.8, 4) is 0 Å². The minimum Gasteiger partial charge on any atom is -0.371 e. The van der Waals surface area contributed by atoms with Crippen LogP contribution < -0.4 is 10.6 Å². The van der Waals surface area contributed by atoms with Gasteiger partial charge in [-0.3, -0.25) is 4.40 Å². The SMILES string of the molecule is O=C(NCc1nnc2ccccn12)NC1CCOC1c1ccccc1. The molecule has 128 valence electrons. The van der Waals surface area contributed by atoms with Gasteiger partial charge >= 0.3 is 6.03 Å². The van der Waals surface area contributed by atoms with Gasteiger partial charge in [-0.05, 0) is 24.1 Å². The lowest BCUT2D eigenvalue weighted by molar-refractivity contribution is 0.0999. The number of pyridine rings is 1. The third-order valence-corrected chi connectivity index (χ3v) is 4.33. The zero-order valence-electron chi connectivity index (χ0n) is 13.6. The van der Waals surface area contributed by atoms with Crippen LogP contribution in [0.5, 0.6) is 0 Å². The first-order valence-corrected chi connectivity index (χ1v) is 8.31. The highest BCUT2D eigenvalue weighted by Crippen LogP contribution is 2.28. The van der Waals surface area contributed by atoms with Gasteiger partial charge in [-0.25, -0.2) is 4.79 Å². The summed E-state index contributed by atoms with van der Waals surface area (Å²) in [5, 5.41) is 14.0. The van der Waals surface area contributed by atoms with E-state index >= 15 is 0 Å². The number of urea groups is 1. The Bertz CT molecular complexity index is 864. The minimum atomic E-state index is -0.232. The average molecular weight is 337 g/mol. The summed E-state index contributed by atoms with van der Waals surface area (Å²) in [5.74, 6) is 0.688. The van der Waals surface area contributed by atoms with E-state index < -0.39 is 0 Å². The predicted molar refractivity (Wildman–Crippen MR) is 91.9 cm³/mol. The maximum absolute atomic E-state index is 12.3. The quantitative estimate of drug-likeness (QED) is 0.764. The molecule has 7 nitrogen and oxygen atoms in total. The molecule has 0 bridgehead atoms. The molecule has 0 aliphatic carbocycles. The number of fused-ring (bicyclic) bond motifs is 1. The number of hydrogen-bond acceptors (Lipinski definition) is 4. The molecule has 1 fully saturated rings. The van der Waals surface area contributed by atoms with E-state index in [-0.39, 0.29) is 18.2 Å². The largest absolute Gasteiger partial charge is 0.371 e. The Balaban J connectivity index is 1.37. The van der Waals surface area contributed by atoms with Crippen molar-refractivity contribution in [1.82, 2.24) is 25.2 Å². The topological polar surface area (TPSA) is 80.6 Å². The minimum absolute atomic E-state index is 0.0439. The average Bonchev–Trinajstić information content (AvgIpc) is 3.27. The number of carbonyl (C=O) groups excluding carboxylic acids is 1. The predicted octanol–water partition coefficient (Wildman–Crippen LogP) is 2.06. The van der Waals surface area contributed by atoms with Gasteiger partial charge in [0.15, 0.2) is 11.5 Å². The molecule has 2 unspecified atom stereocenters. The summed E-state index contributed by atoms with van der Waals surface area (Å²) in [5.41, 5.74) is 1.83. The van der Waals surface area contributed by atoms with Gasteiger partial charge in [0, 0.05) is 12.8 Å². The molecule has 0 spiro atoms. The summed E-state index contributed by atoms with van der Waals surface area (Å²) in [6.45, 7) is 0.944. The van der Waals surface area contributed by atoms with Crippen LogP contribution >= 0.6 is 0 Å². The van der Waals surface area contributed by atoms with Crippen LogP contribution in [0.15, 0.2) is 54.7 Å². The first-order chi connectivity index (χ1) is 12.3. The number of nitrogens with one attached hydrogen (secondary N) is 2. The second kappa shape index (κ2) is 6.90. The van der Waals surface area contributed by atoms with Crippen LogP contribution in [0.1, 0.15) is 23.9 Å². The molecule has 3 heterocycles. The van der Waals surface area contributed by atoms with E-state index in [0.29, 0.717) is 19.0 Å². The second-order valence-electron chi connectivity index (χ2n) is 5.97. The summed E-state index contributed by atoms with van der Waals surface area (Å²) in [6.07, 6.45) is 2.56. The van der Waals surface area contributed by atoms with E-state index in [0.717, 1.165) is 17.6 Å². The molecule has 7 heteroatoms. The number of benzene rings is 1. The highest BCUT2D eigenvalue weighted by Gasteiger charge is 2.30. The standard InChI is InChI=1S/C18H19N5O2/c24-18(19-12-16-22-21-15-8-4-5-10-23(15)16)20-14-9-11-25-17(14)13-6-2-1-3-7-13/h1-8,10,14,17H,9,11-12H2,(H2,19,20,24). The zero-order valence-corrected chi connectivity index (χ0v) is 13.6. The van der Waals surface area contributed by atoms with E-state index in [1.165, 1.54) is 0 Å². The van der Waals surface area contributed by atoms with E-state index in [9.17, 15) is 4.79 Å². The van der Waals surface area contributed by atoms with Crippen molar-refractivity contribution in [3.05, 3.63) is 66.1 Å². The molecule has 2 N–H and O–H groups in total. The van der Waals surface area contributed by atoms with Crippen LogP contribution in [0.25, 0.3) is 5.65 Å². The van der Waals surface area contributed by atoms with Gasteiger partial charge in [-0.2, -0.15) is 0 Å². The highest BCUT2D eigenvalue weighted by molar-refractivity contribution is 5.74. The van der Waals surface area contributed by atoms with Gasteiger partial charge in [0.2, 0.25) is 0 Å². The molecular weight excluding hydrogens is 318 g/mol. The fourth-order valence-electron chi connectivity index (χ4n) is 3.10. The Hall–Kier alpha value is -2.93. The molecule has 1 aromatic carbocycles. The first kappa shape index (κ1) is 15.6. The van der Waals surface area contributed by atoms with Crippen molar-refractivity contribution in [2.75, 3.05) is 6.61 Å². The molecule has 2 aromatic heterocycles. The Labute approximate surface area is 145 Å². The van der Waals surface area contributed by atoms with Crippen LogP contribution in [0.2, 0.25) is 0 Å². The maximum Gasteiger partial charge on any atom is 0.315 e. The van der Waals surface area contributed by atoms with Gasteiger partial charge in [-0.1, -0.05) is 36.4 Å². The van der Waals surface area contributed by atoms with Crippen LogP contribution in [0.3, 0.4) is 0 Å². The molecule has 4 rings (SSSR count). The van der Waals surface area contributed by atoms with Crippen molar-refractivity contribution < 1.29 is 9.53 Å². The molecule has 0 saturated carbocycles. The Kier molecular flexibility index (Phi) is 4.30. The highest BCUT2D eigenvalue weighted by atomic mass is 16.5. The lowest BCUT2D eigenvalue weighted by atomic mass is 10.0. The van der Waals surface area contributed by atoms with Crippen LogP contribution in [-0.4, -0.2) is 33.3 Å². The summed E-state index contributed by atoms with van der Waals surface area (Å²) < 4.78 is 7.64. The molecule has 2 amide bonds. The lowest BCUT2D eigenvalue weighted by Crippen LogP contribution is -2.43. The fourth-order valence-corrected chi connectivity index (χ4v) is 3.10. The Morgan fingerprint density at radius 3 is 2.88 bits per heavy atom. The molecule has 25 heavy (non-hydrogen) atoms.